The number of carbonyl (C=O) groups excluding carboxylic acids is 1. The normalized spacial score (nSPS) is 15.3. The number of fused-ring (bicyclic) bond motifs is 3. The van der Waals surface area contributed by atoms with Gasteiger partial charge in [0.25, 0.3) is 0 Å². The lowest BCUT2D eigenvalue weighted by Gasteiger charge is -2.29. The second-order valence-corrected chi connectivity index (χ2v) is 13.2. The molecule has 1 aliphatic carbocycles. The van der Waals surface area contributed by atoms with Gasteiger partial charge in [-0.3, -0.25) is 0 Å². The maximum atomic E-state index is 14.6. The Morgan fingerprint density at radius 1 is 0.711 bits per heavy atom. The molecule has 0 N–H and O–H groups in total. The molecule has 1 aliphatic rings. The van der Waals surface area contributed by atoms with E-state index >= 15 is 0 Å². The zero-order chi connectivity index (χ0) is 31.5. The summed E-state index contributed by atoms with van der Waals surface area (Å²) in [5, 5.41) is 4.15. The van der Waals surface area contributed by atoms with Crippen molar-refractivity contribution in [3.05, 3.63) is 137 Å². The molecule has 3 heteroatoms. The summed E-state index contributed by atoms with van der Waals surface area (Å²) in [5.74, 6) is 0.391. The number of esters is 1. The van der Waals surface area contributed by atoms with E-state index in [0.717, 1.165) is 56.0 Å². The second kappa shape index (κ2) is 10.9. The van der Waals surface area contributed by atoms with Gasteiger partial charge in [-0.25, -0.2) is 4.79 Å². The molecule has 0 radical (unpaired) electrons. The molecule has 3 nitrogen and oxygen atoms in total. The molecule has 224 valence electrons. The van der Waals surface area contributed by atoms with Gasteiger partial charge >= 0.3 is 5.97 Å². The van der Waals surface area contributed by atoms with E-state index < -0.39 is 6.10 Å². The van der Waals surface area contributed by atoms with E-state index in [4.69, 9.17) is 9.47 Å². The molecule has 0 saturated heterocycles. The number of hydrogen-bond donors (Lipinski definition) is 0. The molecule has 0 aliphatic heterocycles. The lowest BCUT2D eigenvalue weighted by Crippen LogP contribution is -2.24. The van der Waals surface area contributed by atoms with Gasteiger partial charge < -0.3 is 9.47 Å². The van der Waals surface area contributed by atoms with Crippen molar-refractivity contribution in [2.45, 2.75) is 47.1 Å². The quantitative estimate of drug-likeness (QED) is 0.187. The van der Waals surface area contributed by atoms with Gasteiger partial charge in [0, 0.05) is 22.1 Å². The summed E-state index contributed by atoms with van der Waals surface area (Å²) >= 11 is 0. The molecule has 0 amide bonds. The smallest absolute Gasteiger partial charge is 0.339 e. The molecule has 1 atom stereocenters. The molecule has 0 heterocycles. The monoisotopic (exact) mass is 590 g/mol. The minimum atomic E-state index is -0.412. The van der Waals surface area contributed by atoms with Gasteiger partial charge in [0.05, 0.1) is 12.7 Å². The number of aryl methyl sites for hydroxylation is 3. The summed E-state index contributed by atoms with van der Waals surface area (Å²) in [6, 6.07) is 35.5. The third-order valence-corrected chi connectivity index (χ3v) is 9.50. The van der Waals surface area contributed by atoms with Crippen molar-refractivity contribution in [1.29, 1.82) is 0 Å². The van der Waals surface area contributed by atoms with Crippen LogP contribution in [0.25, 0.3) is 43.8 Å². The lowest BCUT2D eigenvalue weighted by atomic mass is 9.84. The highest BCUT2D eigenvalue weighted by molar-refractivity contribution is 6.14. The van der Waals surface area contributed by atoms with Crippen LogP contribution in [0.2, 0.25) is 0 Å². The summed E-state index contributed by atoms with van der Waals surface area (Å²) < 4.78 is 12.7. The van der Waals surface area contributed by atoms with Crippen molar-refractivity contribution < 1.29 is 14.3 Å². The molecular weight excluding hydrogens is 552 g/mol. The van der Waals surface area contributed by atoms with Gasteiger partial charge in [0.15, 0.2) is 0 Å². The summed E-state index contributed by atoms with van der Waals surface area (Å²) in [6.45, 7) is 10.9. The van der Waals surface area contributed by atoms with Crippen LogP contribution in [-0.2, 0) is 11.2 Å². The largest absolute Gasteiger partial charge is 0.496 e. The highest BCUT2D eigenvalue weighted by Crippen LogP contribution is 2.52. The fraction of sp³-hybridized carbons (Fsp3) is 0.214. The predicted molar refractivity (Wildman–Crippen MR) is 185 cm³/mol. The standard InChI is InChI=1S/C42H38O3/c1-25-22-26(2)36(27(3)23-25)33-17-11-14-30-24-42(4,5)40(37(30)33)45-41(43)34-20-18-28-12-7-9-15-31(28)38(34)39-32-16-10-8-13-29(32)19-21-35(39)44-6/h7-23,40H,24H2,1-6H3/t40-/m1/s1. The van der Waals surface area contributed by atoms with Gasteiger partial charge in [0.2, 0.25) is 0 Å². The van der Waals surface area contributed by atoms with Gasteiger partial charge in [-0.2, -0.15) is 0 Å². The van der Waals surface area contributed by atoms with E-state index in [1.54, 1.807) is 7.11 Å². The molecule has 0 aromatic heterocycles. The second-order valence-electron chi connectivity index (χ2n) is 13.2. The maximum Gasteiger partial charge on any atom is 0.339 e. The van der Waals surface area contributed by atoms with E-state index in [0.29, 0.717) is 5.56 Å². The van der Waals surface area contributed by atoms with E-state index in [2.05, 4.69) is 95.3 Å². The Bertz CT molecular complexity index is 2110. The number of ether oxygens (including phenoxy) is 2. The number of benzene rings is 6. The summed E-state index contributed by atoms with van der Waals surface area (Å²) in [6.07, 6.45) is 0.421. The first-order valence-corrected chi connectivity index (χ1v) is 15.7. The van der Waals surface area contributed by atoms with Crippen LogP contribution in [-0.4, -0.2) is 13.1 Å². The topological polar surface area (TPSA) is 35.5 Å². The minimum Gasteiger partial charge on any atom is -0.496 e. The predicted octanol–water partition coefficient (Wildman–Crippen LogP) is 10.7. The van der Waals surface area contributed by atoms with Crippen LogP contribution in [0.4, 0.5) is 0 Å². The van der Waals surface area contributed by atoms with E-state index in [9.17, 15) is 4.79 Å². The Labute approximate surface area is 265 Å². The van der Waals surface area contributed by atoms with Gasteiger partial charge in [0.1, 0.15) is 11.9 Å². The highest BCUT2D eigenvalue weighted by atomic mass is 16.5. The zero-order valence-electron chi connectivity index (χ0n) is 26.8. The first-order valence-electron chi connectivity index (χ1n) is 15.7. The number of methoxy groups -OCH3 is 1. The van der Waals surface area contributed by atoms with Gasteiger partial charge in [-0.05, 0) is 88.7 Å². The molecule has 0 spiro atoms. The molecule has 0 fully saturated rings. The van der Waals surface area contributed by atoms with Crippen LogP contribution >= 0.6 is 0 Å². The van der Waals surface area contributed by atoms with E-state index in [1.807, 2.05) is 42.5 Å². The summed E-state index contributed by atoms with van der Waals surface area (Å²) in [7, 11) is 1.69. The lowest BCUT2D eigenvalue weighted by molar-refractivity contribution is -0.00153. The van der Waals surface area contributed by atoms with Crippen molar-refractivity contribution in [3.63, 3.8) is 0 Å². The Morgan fingerprint density at radius 3 is 2.00 bits per heavy atom. The van der Waals surface area contributed by atoms with E-state index in [1.165, 1.54) is 27.8 Å². The van der Waals surface area contributed by atoms with Crippen LogP contribution in [0, 0.1) is 26.2 Å². The number of hydrogen-bond acceptors (Lipinski definition) is 3. The van der Waals surface area contributed by atoms with Crippen LogP contribution in [0.5, 0.6) is 5.75 Å². The SMILES string of the molecule is COc1ccc2ccccc2c1-c1c(C(=O)O[C@@H]2c3c(cccc3-c3c(C)cc(C)cc3C)CC2(C)C)ccc2ccccc12. The Morgan fingerprint density at radius 2 is 1.33 bits per heavy atom. The van der Waals surface area contributed by atoms with Crippen LogP contribution in [0.15, 0.2) is 103 Å². The van der Waals surface area contributed by atoms with E-state index in [-0.39, 0.29) is 11.4 Å². The molecular formula is C42H38O3. The van der Waals surface area contributed by atoms with Gasteiger partial charge in [-0.1, -0.05) is 110 Å². The molecule has 7 rings (SSSR count). The summed E-state index contributed by atoms with van der Waals surface area (Å²) in [5.41, 5.74) is 10.4. The molecule has 0 bridgehead atoms. The molecule has 45 heavy (non-hydrogen) atoms. The average Bonchev–Trinajstić information content (AvgIpc) is 3.28. The third-order valence-electron chi connectivity index (χ3n) is 9.50. The fourth-order valence-corrected chi connectivity index (χ4v) is 7.65. The molecule has 0 unspecified atom stereocenters. The van der Waals surface area contributed by atoms with Crippen LogP contribution in [0.3, 0.4) is 0 Å². The maximum absolute atomic E-state index is 14.6. The van der Waals surface area contributed by atoms with Crippen molar-refractivity contribution in [1.82, 2.24) is 0 Å². The molecule has 0 saturated carbocycles. The average molecular weight is 591 g/mol. The number of carbonyl (C=O) groups is 1. The van der Waals surface area contributed by atoms with Crippen LogP contribution < -0.4 is 4.74 Å². The molecule has 6 aromatic rings. The van der Waals surface area contributed by atoms with Crippen molar-refractivity contribution in [2.75, 3.05) is 7.11 Å². The molecule has 6 aromatic carbocycles. The third kappa shape index (κ3) is 4.78. The first-order chi connectivity index (χ1) is 21.7. The minimum absolute atomic E-state index is 0.283. The highest BCUT2D eigenvalue weighted by Gasteiger charge is 2.44. The zero-order valence-corrected chi connectivity index (χ0v) is 26.8. The van der Waals surface area contributed by atoms with Crippen molar-refractivity contribution in [2.24, 2.45) is 5.41 Å². The van der Waals surface area contributed by atoms with Crippen molar-refractivity contribution >= 4 is 27.5 Å². The fourth-order valence-electron chi connectivity index (χ4n) is 7.65. The Kier molecular flexibility index (Phi) is 7.00. The van der Waals surface area contributed by atoms with Crippen LogP contribution in [0.1, 0.15) is 58.1 Å². The first kappa shape index (κ1) is 28.9. The number of rotatable bonds is 5. The summed E-state index contributed by atoms with van der Waals surface area (Å²) in [4.78, 5) is 14.6. The van der Waals surface area contributed by atoms with Crippen molar-refractivity contribution in [3.8, 4) is 28.0 Å². The Balaban J connectivity index is 1.42. The Hall–Kier alpha value is -4.89. The van der Waals surface area contributed by atoms with Gasteiger partial charge in [-0.15, -0.1) is 0 Å².